The second kappa shape index (κ2) is 6.52. The van der Waals surface area contributed by atoms with Crippen LogP contribution in [0.5, 0.6) is 0 Å². The van der Waals surface area contributed by atoms with Crippen LogP contribution in [0.1, 0.15) is 32.6 Å². The first-order valence-corrected chi connectivity index (χ1v) is 7.47. The van der Waals surface area contributed by atoms with Crippen molar-refractivity contribution < 1.29 is 4.74 Å². The number of hydrogen-bond donors (Lipinski definition) is 1. The van der Waals surface area contributed by atoms with Crippen LogP contribution in [0.15, 0.2) is 15.5 Å². The van der Waals surface area contributed by atoms with Crippen LogP contribution in [0.2, 0.25) is 0 Å². The van der Waals surface area contributed by atoms with Crippen LogP contribution in [0.4, 0.5) is 5.69 Å². The van der Waals surface area contributed by atoms with Crippen molar-refractivity contribution in [2.24, 2.45) is 7.05 Å². The summed E-state index contributed by atoms with van der Waals surface area (Å²) in [5.74, 6) is 0. The fourth-order valence-electron chi connectivity index (χ4n) is 2.26. The maximum atomic E-state index is 11.7. The molecule has 19 heavy (non-hydrogen) atoms. The van der Waals surface area contributed by atoms with Gasteiger partial charge in [-0.05, 0) is 48.5 Å². The van der Waals surface area contributed by atoms with Gasteiger partial charge >= 0.3 is 0 Å². The van der Waals surface area contributed by atoms with E-state index in [9.17, 15) is 4.79 Å². The zero-order valence-corrected chi connectivity index (χ0v) is 12.9. The van der Waals surface area contributed by atoms with Crippen LogP contribution in [0, 0.1) is 0 Å². The van der Waals surface area contributed by atoms with Crippen LogP contribution in [0.3, 0.4) is 0 Å². The van der Waals surface area contributed by atoms with Crippen molar-refractivity contribution in [2.45, 2.75) is 44.8 Å². The Bertz CT molecular complexity index is 483. The lowest BCUT2D eigenvalue weighted by Crippen LogP contribution is -2.24. The number of nitrogens with one attached hydrogen (secondary N) is 1. The highest BCUT2D eigenvalue weighted by Gasteiger charge is 2.17. The van der Waals surface area contributed by atoms with Gasteiger partial charge in [-0.3, -0.25) is 4.79 Å². The van der Waals surface area contributed by atoms with E-state index in [0.29, 0.717) is 10.6 Å². The Hall–Kier alpha value is -0.880. The van der Waals surface area contributed by atoms with Crippen molar-refractivity contribution in [1.82, 2.24) is 9.78 Å². The van der Waals surface area contributed by atoms with E-state index in [-0.39, 0.29) is 11.6 Å². The van der Waals surface area contributed by atoms with Crippen molar-refractivity contribution in [3.8, 4) is 0 Å². The Kier molecular flexibility index (Phi) is 4.99. The molecule has 1 N–H and O–H groups in total. The predicted molar refractivity (Wildman–Crippen MR) is 78.5 cm³/mol. The highest BCUT2D eigenvalue weighted by molar-refractivity contribution is 9.10. The molecule has 5 nitrogen and oxygen atoms in total. The molecular weight excluding hydrogens is 310 g/mol. The quantitative estimate of drug-likeness (QED) is 0.900. The summed E-state index contributed by atoms with van der Waals surface area (Å²) >= 11 is 3.32. The zero-order valence-electron chi connectivity index (χ0n) is 11.4. The molecule has 0 aliphatic carbocycles. The molecule has 2 heterocycles. The van der Waals surface area contributed by atoms with E-state index < -0.39 is 0 Å². The highest BCUT2D eigenvalue weighted by atomic mass is 79.9. The first kappa shape index (κ1) is 14.5. The molecule has 0 amide bonds. The minimum atomic E-state index is -0.128. The second-order valence-corrected chi connectivity index (χ2v) is 5.85. The standard InChI is InChI=1S/C13H20BrN3O2/c1-9(5-6-10-4-3-7-19-10)16-11-8-15-17(2)13(18)12(11)14/h8-10,16H,3-7H2,1-2H3/t9-,10+/m0/s1. The summed E-state index contributed by atoms with van der Waals surface area (Å²) < 4.78 is 7.46. The smallest absolute Gasteiger partial charge is 0.282 e. The van der Waals surface area contributed by atoms with Crippen LogP contribution in [-0.4, -0.2) is 28.5 Å². The molecule has 1 aliphatic rings. The van der Waals surface area contributed by atoms with Gasteiger partial charge in [-0.25, -0.2) is 4.68 Å². The summed E-state index contributed by atoms with van der Waals surface area (Å²) in [6.07, 6.45) is 6.51. The Morgan fingerprint density at radius 1 is 1.68 bits per heavy atom. The molecule has 0 radical (unpaired) electrons. The Labute approximate surface area is 121 Å². The average molecular weight is 330 g/mol. The van der Waals surface area contributed by atoms with Crippen LogP contribution < -0.4 is 10.9 Å². The number of nitrogens with zero attached hydrogens (tertiary/aromatic N) is 2. The van der Waals surface area contributed by atoms with Crippen molar-refractivity contribution in [3.63, 3.8) is 0 Å². The van der Waals surface area contributed by atoms with E-state index >= 15 is 0 Å². The third kappa shape index (κ3) is 3.79. The molecular formula is C13H20BrN3O2. The number of rotatable bonds is 5. The molecule has 0 saturated carbocycles. The largest absolute Gasteiger partial charge is 0.380 e. The third-order valence-corrected chi connectivity index (χ3v) is 4.19. The Morgan fingerprint density at radius 3 is 3.16 bits per heavy atom. The number of aryl methyl sites for hydroxylation is 1. The van der Waals surface area contributed by atoms with Crippen molar-refractivity contribution in [1.29, 1.82) is 0 Å². The molecule has 6 heteroatoms. The van der Waals surface area contributed by atoms with Gasteiger partial charge in [0.2, 0.25) is 0 Å². The summed E-state index contributed by atoms with van der Waals surface area (Å²) in [5.41, 5.74) is 0.624. The van der Waals surface area contributed by atoms with Gasteiger partial charge < -0.3 is 10.1 Å². The normalized spacial score (nSPS) is 20.5. The van der Waals surface area contributed by atoms with E-state index in [2.05, 4.69) is 33.3 Å². The number of aromatic nitrogens is 2. The number of anilines is 1. The number of hydrogen-bond acceptors (Lipinski definition) is 4. The molecule has 1 aromatic heterocycles. The fraction of sp³-hybridized carbons (Fsp3) is 0.692. The van der Waals surface area contributed by atoms with Crippen LogP contribution in [0.25, 0.3) is 0 Å². The minimum absolute atomic E-state index is 0.128. The van der Waals surface area contributed by atoms with Crippen molar-refractivity contribution >= 4 is 21.6 Å². The van der Waals surface area contributed by atoms with Gasteiger partial charge in [0.15, 0.2) is 0 Å². The fourth-order valence-corrected chi connectivity index (χ4v) is 2.73. The molecule has 0 aromatic carbocycles. The van der Waals surface area contributed by atoms with E-state index in [0.717, 1.165) is 25.1 Å². The minimum Gasteiger partial charge on any atom is -0.380 e. The van der Waals surface area contributed by atoms with Gasteiger partial charge in [-0.15, -0.1) is 0 Å². The molecule has 2 atom stereocenters. The van der Waals surface area contributed by atoms with Crippen molar-refractivity contribution in [3.05, 3.63) is 21.0 Å². The molecule has 1 saturated heterocycles. The number of halogens is 1. The summed E-state index contributed by atoms with van der Waals surface area (Å²) in [7, 11) is 1.64. The molecule has 1 aromatic rings. The molecule has 1 aliphatic heterocycles. The van der Waals surface area contributed by atoms with E-state index in [1.807, 2.05) is 0 Å². The van der Waals surface area contributed by atoms with E-state index in [1.54, 1.807) is 13.2 Å². The second-order valence-electron chi connectivity index (χ2n) is 5.06. The summed E-state index contributed by atoms with van der Waals surface area (Å²) in [4.78, 5) is 11.7. The average Bonchev–Trinajstić information content (AvgIpc) is 2.90. The lowest BCUT2D eigenvalue weighted by Gasteiger charge is -2.18. The highest BCUT2D eigenvalue weighted by Crippen LogP contribution is 2.21. The zero-order chi connectivity index (χ0) is 13.8. The Morgan fingerprint density at radius 2 is 2.47 bits per heavy atom. The van der Waals surface area contributed by atoms with Gasteiger partial charge in [0.25, 0.3) is 5.56 Å². The van der Waals surface area contributed by atoms with Gasteiger partial charge in [-0.2, -0.15) is 5.10 Å². The summed E-state index contributed by atoms with van der Waals surface area (Å²) in [5, 5.41) is 7.34. The van der Waals surface area contributed by atoms with Gasteiger partial charge in [0, 0.05) is 19.7 Å². The third-order valence-electron chi connectivity index (χ3n) is 3.43. The van der Waals surface area contributed by atoms with Crippen molar-refractivity contribution in [2.75, 3.05) is 11.9 Å². The molecule has 1 fully saturated rings. The van der Waals surface area contributed by atoms with Gasteiger partial charge in [0.05, 0.1) is 18.0 Å². The molecule has 0 unspecified atom stereocenters. The maximum absolute atomic E-state index is 11.7. The van der Waals surface area contributed by atoms with Gasteiger partial charge in [0.1, 0.15) is 4.47 Å². The molecule has 0 bridgehead atoms. The number of ether oxygens (including phenoxy) is 1. The summed E-state index contributed by atoms with van der Waals surface area (Å²) in [6.45, 7) is 3.01. The summed E-state index contributed by atoms with van der Waals surface area (Å²) in [6, 6.07) is 0.286. The van der Waals surface area contributed by atoms with Crippen LogP contribution >= 0.6 is 15.9 Å². The monoisotopic (exact) mass is 329 g/mol. The first-order chi connectivity index (χ1) is 9.08. The lowest BCUT2D eigenvalue weighted by molar-refractivity contribution is 0.102. The molecule has 106 valence electrons. The topological polar surface area (TPSA) is 56.1 Å². The predicted octanol–water partition coefficient (Wildman–Crippen LogP) is 2.30. The maximum Gasteiger partial charge on any atom is 0.282 e. The molecule has 2 rings (SSSR count). The lowest BCUT2D eigenvalue weighted by atomic mass is 10.1. The van der Waals surface area contributed by atoms with E-state index in [4.69, 9.17) is 4.74 Å². The van der Waals surface area contributed by atoms with Gasteiger partial charge in [-0.1, -0.05) is 0 Å². The molecule has 0 spiro atoms. The van der Waals surface area contributed by atoms with E-state index in [1.165, 1.54) is 17.5 Å². The SMILES string of the molecule is C[C@@H](CC[C@H]1CCCO1)Nc1cnn(C)c(=O)c1Br. The first-order valence-electron chi connectivity index (χ1n) is 6.68. The Balaban J connectivity index is 1.89. The van der Waals surface area contributed by atoms with Crippen LogP contribution in [-0.2, 0) is 11.8 Å².